The van der Waals surface area contributed by atoms with Gasteiger partial charge in [-0.05, 0) is 46.6 Å². The van der Waals surface area contributed by atoms with Crippen LogP contribution in [0.15, 0.2) is 0 Å². The maximum Gasteiger partial charge on any atom is 0.156 e. The zero-order chi connectivity index (χ0) is 12.9. The molecule has 5 heteroatoms. The fourth-order valence-corrected chi connectivity index (χ4v) is 2.80. The van der Waals surface area contributed by atoms with Crippen LogP contribution in [0, 0.1) is 0 Å². The van der Waals surface area contributed by atoms with Crippen LogP contribution in [0.3, 0.4) is 0 Å². The van der Waals surface area contributed by atoms with E-state index < -0.39 is 14.6 Å². The third-order valence-corrected chi connectivity index (χ3v) is 5.76. The van der Waals surface area contributed by atoms with Crippen molar-refractivity contribution < 1.29 is 13.2 Å². The molecular weight excluding hydrogens is 238 g/mol. The molecule has 0 amide bonds. The van der Waals surface area contributed by atoms with Gasteiger partial charge in [0, 0.05) is 13.2 Å². The van der Waals surface area contributed by atoms with Crippen molar-refractivity contribution in [2.45, 2.75) is 50.9 Å². The van der Waals surface area contributed by atoms with Gasteiger partial charge in [-0.25, -0.2) is 8.42 Å². The van der Waals surface area contributed by atoms with Gasteiger partial charge in [-0.2, -0.15) is 0 Å². The molecule has 1 fully saturated rings. The largest absolute Gasteiger partial charge is 0.378 e. The third-order valence-electron chi connectivity index (χ3n) is 3.15. The highest BCUT2D eigenvalue weighted by Gasteiger charge is 2.28. The van der Waals surface area contributed by atoms with Crippen LogP contribution >= 0.6 is 0 Å². The second kappa shape index (κ2) is 6.16. The molecule has 1 aliphatic heterocycles. The fourth-order valence-electron chi connectivity index (χ4n) is 1.77. The van der Waals surface area contributed by atoms with Crippen molar-refractivity contribution in [3.05, 3.63) is 0 Å². The van der Waals surface area contributed by atoms with Crippen molar-refractivity contribution in [2.75, 3.05) is 25.4 Å². The normalized spacial score (nSPS) is 21.9. The van der Waals surface area contributed by atoms with E-state index in [0.717, 1.165) is 32.4 Å². The standard InChI is InChI=1S/C12H25NO3S/c1-12(2,3)17(14,15)10-8-13-7-6-11-5-4-9-16-11/h11,13H,4-10H2,1-3H3. The molecule has 4 nitrogen and oxygen atoms in total. The van der Waals surface area contributed by atoms with Crippen molar-refractivity contribution in [3.63, 3.8) is 0 Å². The van der Waals surface area contributed by atoms with E-state index in [2.05, 4.69) is 5.32 Å². The van der Waals surface area contributed by atoms with Crippen LogP contribution in [0.25, 0.3) is 0 Å². The van der Waals surface area contributed by atoms with E-state index in [0.29, 0.717) is 12.6 Å². The van der Waals surface area contributed by atoms with Crippen molar-refractivity contribution >= 4 is 9.84 Å². The molecule has 0 saturated carbocycles. The van der Waals surface area contributed by atoms with E-state index in [9.17, 15) is 8.42 Å². The van der Waals surface area contributed by atoms with Gasteiger partial charge in [-0.1, -0.05) is 0 Å². The number of hydrogen-bond donors (Lipinski definition) is 1. The molecule has 1 atom stereocenters. The van der Waals surface area contributed by atoms with Gasteiger partial charge in [0.15, 0.2) is 9.84 Å². The molecule has 1 N–H and O–H groups in total. The summed E-state index contributed by atoms with van der Waals surface area (Å²) in [6.07, 6.45) is 3.65. The topological polar surface area (TPSA) is 55.4 Å². The van der Waals surface area contributed by atoms with Gasteiger partial charge in [-0.3, -0.25) is 0 Å². The molecule has 0 aliphatic carbocycles. The van der Waals surface area contributed by atoms with Crippen LogP contribution < -0.4 is 5.32 Å². The Kier molecular flexibility index (Phi) is 5.41. The van der Waals surface area contributed by atoms with Crippen LogP contribution in [0.1, 0.15) is 40.0 Å². The van der Waals surface area contributed by atoms with E-state index in [-0.39, 0.29) is 5.75 Å². The Hall–Kier alpha value is -0.130. The lowest BCUT2D eigenvalue weighted by atomic mass is 10.2. The summed E-state index contributed by atoms with van der Waals surface area (Å²) in [7, 11) is -2.99. The summed E-state index contributed by atoms with van der Waals surface area (Å²) in [5, 5.41) is 3.18. The highest BCUT2D eigenvalue weighted by atomic mass is 32.2. The van der Waals surface area contributed by atoms with Gasteiger partial charge >= 0.3 is 0 Å². The van der Waals surface area contributed by atoms with Crippen LogP contribution in [0.5, 0.6) is 0 Å². The van der Waals surface area contributed by atoms with Crippen molar-refractivity contribution in [1.29, 1.82) is 0 Å². The lowest BCUT2D eigenvalue weighted by Crippen LogP contribution is -2.35. The Morgan fingerprint density at radius 2 is 2.00 bits per heavy atom. The summed E-state index contributed by atoms with van der Waals surface area (Å²) in [6.45, 7) is 7.48. The first kappa shape index (κ1) is 14.9. The second-order valence-electron chi connectivity index (χ2n) is 5.60. The minimum Gasteiger partial charge on any atom is -0.378 e. The zero-order valence-corrected chi connectivity index (χ0v) is 12.0. The first-order valence-corrected chi connectivity index (χ1v) is 8.03. The first-order chi connectivity index (χ1) is 7.83. The Morgan fingerprint density at radius 3 is 2.53 bits per heavy atom. The third kappa shape index (κ3) is 4.94. The zero-order valence-electron chi connectivity index (χ0n) is 11.2. The van der Waals surface area contributed by atoms with E-state index in [1.165, 1.54) is 0 Å². The fraction of sp³-hybridized carbons (Fsp3) is 1.00. The maximum absolute atomic E-state index is 11.8. The molecule has 1 unspecified atom stereocenters. The monoisotopic (exact) mass is 263 g/mol. The molecule has 0 aromatic heterocycles. The second-order valence-corrected chi connectivity index (χ2v) is 8.47. The molecule has 17 heavy (non-hydrogen) atoms. The van der Waals surface area contributed by atoms with Crippen LogP contribution in [-0.2, 0) is 14.6 Å². The molecular formula is C12H25NO3S. The van der Waals surface area contributed by atoms with Gasteiger partial charge in [0.1, 0.15) is 0 Å². The summed E-state index contributed by atoms with van der Waals surface area (Å²) >= 11 is 0. The smallest absolute Gasteiger partial charge is 0.156 e. The summed E-state index contributed by atoms with van der Waals surface area (Å²) in [5.41, 5.74) is 0. The number of sulfone groups is 1. The highest BCUT2D eigenvalue weighted by Crippen LogP contribution is 2.16. The van der Waals surface area contributed by atoms with Gasteiger partial charge in [0.2, 0.25) is 0 Å². The Morgan fingerprint density at radius 1 is 1.29 bits per heavy atom. The van der Waals surface area contributed by atoms with Gasteiger partial charge < -0.3 is 10.1 Å². The minimum absolute atomic E-state index is 0.210. The van der Waals surface area contributed by atoms with Crippen LogP contribution in [-0.4, -0.2) is 44.7 Å². The average Bonchev–Trinajstić information content (AvgIpc) is 2.68. The molecule has 1 saturated heterocycles. The molecule has 102 valence electrons. The van der Waals surface area contributed by atoms with Crippen molar-refractivity contribution in [1.82, 2.24) is 5.32 Å². The maximum atomic E-state index is 11.8. The molecule has 1 heterocycles. The van der Waals surface area contributed by atoms with Crippen LogP contribution in [0.2, 0.25) is 0 Å². The molecule has 0 bridgehead atoms. The summed E-state index contributed by atoms with van der Waals surface area (Å²) in [4.78, 5) is 0. The molecule has 0 aromatic carbocycles. The number of rotatable bonds is 6. The van der Waals surface area contributed by atoms with E-state index in [1.807, 2.05) is 0 Å². The van der Waals surface area contributed by atoms with Gasteiger partial charge in [-0.15, -0.1) is 0 Å². The predicted octanol–water partition coefficient (Wildman–Crippen LogP) is 1.36. The minimum atomic E-state index is -2.99. The molecule has 0 spiro atoms. The molecule has 1 aliphatic rings. The molecule has 0 radical (unpaired) electrons. The first-order valence-electron chi connectivity index (χ1n) is 6.37. The van der Waals surface area contributed by atoms with E-state index >= 15 is 0 Å². The number of nitrogens with one attached hydrogen (secondary N) is 1. The van der Waals surface area contributed by atoms with E-state index in [4.69, 9.17) is 4.74 Å². The lowest BCUT2D eigenvalue weighted by molar-refractivity contribution is 0.104. The SMILES string of the molecule is CC(C)(C)S(=O)(=O)CCNCCC1CCCO1. The lowest BCUT2D eigenvalue weighted by Gasteiger charge is -2.19. The predicted molar refractivity (Wildman–Crippen MR) is 70.0 cm³/mol. The summed E-state index contributed by atoms with van der Waals surface area (Å²) in [5.74, 6) is 0.210. The van der Waals surface area contributed by atoms with Crippen molar-refractivity contribution in [3.8, 4) is 0 Å². The Balaban J connectivity index is 2.11. The Bertz CT molecular complexity index is 313. The van der Waals surface area contributed by atoms with E-state index in [1.54, 1.807) is 20.8 Å². The summed E-state index contributed by atoms with van der Waals surface area (Å²) < 4.78 is 28.5. The van der Waals surface area contributed by atoms with Crippen LogP contribution in [0.4, 0.5) is 0 Å². The quantitative estimate of drug-likeness (QED) is 0.735. The molecule has 1 rings (SSSR count). The molecule has 0 aromatic rings. The number of hydrogen-bond acceptors (Lipinski definition) is 4. The van der Waals surface area contributed by atoms with Gasteiger partial charge in [0.05, 0.1) is 16.6 Å². The average molecular weight is 263 g/mol. The van der Waals surface area contributed by atoms with Gasteiger partial charge in [0.25, 0.3) is 0 Å². The Labute approximate surface area is 105 Å². The summed E-state index contributed by atoms with van der Waals surface area (Å²) in [6, 6.07) is 0. The number of ether oxygens (including phenoxy) is 1. The highest BCUT2D eigenvalue weighted by molar-refractivity contribution is 7.92. The van der Waals surface area contributed by atoms with Crippen molar-refractivity contribution in [2.24, 2.45) is 0 Å².